The van der Waals surface area contributed by atoms with Gasteiger partial charge in [-0.3, -0.25) is 4.79 Å². The summed E-state index contributed by atoms with van der Waals surface area (Å²) in [7, 11) is -3.72. The number of carbonyl (C=O) groups is 1. The van der Waals surface area contributed by atoms with Crippen molar-refractivity contribution in [1.29, 1.82) is 0 Å². The quantitative estimate of drug-likeness (QED) is 0.801. The van der Waals surface area contributed by atoms with E-state index < -0.39 is 21.8 Å². The maximum Gasteiger partial charge on any atom is 0.243 e. The Bertz CT molecular complexity index is 660. The second-order valence-electron chi connectivity index (χ2n) is 4.87. The number of primary amides is 1. The van der Waals surface area contributed by atoms with Crippen molar-refractivity contribution in [3.05, 3.63) is 22.7 Å². The van der Waals surface area contributed by atoms with Gasteiger partial charge in [0.15, 0.2) is 0 Å². The molecule has 1 aliphatic heterocycles. The molecule has 4 N–H and O–H groups in total. The summed E-state index contributed by atoms with van der Waals surface area (Å²) in [6, 6.07) is 2.88. The van der Waals surface area contributed by atoms with Gasteiger partial charge in [-0.2, -0.15) is 4.31 Å². The molecular formula is C12H16ClN3O3S. The Hall–Kier alpha value is -1.31. The van der Waals surface area contributed by atoms with Gasteiger partial charge in [-0.25, -0.2) is 8.42 Å². The van der Waals surface area contributed by atoms with Crippen molar-refractivity contribution in [2.24, 2.45) is 11.7 Å². The van der Waals surface area contributed by atoms with E-state index in [1.807, 2.05) is 0 Å². The zero-order chi connectivity index (χ0) is 15.1. The number of hydrogen-bond acceptors (Lipinski definition) is 4. The normalized spacial score (nSPS) is 20.2. The number of benzene rings is 1. The first-order valence-electron chi connectivity index (χ1n) is 6.08. The number of sulfonamides is 1. The molecule has 20 heavy (non-hydrogen) atoms. The molecule has 1 amide bonds. The maximum absolute atomic E-state index is 12.6. The minimum Gasteiger partial charge on any atom is -0.398 e. The monoisotopic (exact) mass is 317 g/mol. The van der Waals surface area contributed by atoms with Crippen molar-refractivity contribution in [2.45, 2.75) is 18.2 Å². The molecule has 6 nitrogen and oxygen atoms in total. The van der Waals surface area contributed by atoms with Gasteiger partial charge < -0.3 is 11.5 Å². The van der Waals surface area contributed by atoms with Crippen LogP contribution in [0.1, 0.15) is 12.0 Å². The number of nitrogens with two attached hydrogens (primary N) is 2. The second-order valence-corrected chi connectivity index (χ2v) is 7.21. The highest BCUT2D eigenvalue weighted by molar-refractivity contribution is 7.89. The first-order chi connectivity index (χ1) is 9.23. The zero-order valence-electron chi connectivity index (χ0n) is 11.0. The molecule has 1 aromatic rings. The van der Waals surface area contributed by atoms with Crippen LogP contribution in [0.3, 0.4) is 0 Å². The van der Waals surface area contributed by atoms with Gasteiger partial charge in [0.05, 0.1) is 10.8 Å². The van der Waals surface area contributed by atoms with Crippen LogP contribution in [0.5, 0.6) is 0 Å². The molecule has 0 bridgehead atoms. The molecule has 110 valence electrons. The van der Waals surface area contributed by atoms with E-state index in [9.17, 15) is 13.2 Å². The smallest absolute Gasteiger partial charge is 0.243 e. The number of nitrogens with zero attached hydrogens (tertiary/aromatic N) is 1. The van der Waals surface area contributed by atoms with E-state index in [-0.39, 0.29) is 23.0 Å². The summed E-state index contributed by atoms with van der Waals surface area (Å²) >= 11 is 5.88. The van der Waals surface area contributed by atoms with E-state index in [0.29, 0.717) is 17.7 Å². The summed E-state index contributed by atoms with van der Waals surface area (Å²) < 4.78 is 26.4. The third-order valence-corrected chi connectivity index (χ3v) is 5.75. The molecule has 0 radical (unpaired) electrons. The fourth-order valence-corrected chi connectivity index (χ4v) is 4.33. The van der Waals surface area contributed by atoms with Crippen LogP contribution in [-0.2, 0) is 14.8 Å². The van der Waals surface area contributed by atoms with Crippen molar-refractivity contribution >= 4 is 33.2 Å². The molecule has 0 saturated carbocycles. The number of anilines is 1. The highest BCUT2D eigenvalue weighted by atomic mass is 35.5. The van der Waals surface area contributed by atoms with Crippen LogP contribution in [0, 0.1) is 12.8 Å². The lowest BCUT2D eigenvalue weighted by Crippen LogP contribution is -2.32. The molecule has 0 aromatic heterocycles. The van der Waals surface area contributed by atoms with Crippen LogP contribution < -0.4 is 11.5 Å². The van der Waals surface area contributed by atoms with Gasteiger partial charge in [0.2, 0.25) is 15.9 Å². The van der Waals surface area contributed by atoms with Crippen molar-refractivity contribution in [3.63, 3.8) is 0 Å². The van der Waals surface area contributed by atoms with E-state index >= 15 is 0 Å². The summed E-state index contributed by atoms with van der Waals surface area (Å²) in [4.78, 5) is 11.2. The first-order valence-corrected chi connectivity index (χ1v) is 7.90. The van der Waals surface area contributed by atoms with Crippen LogP contribution in [0.4, 0.5) is 5.69 Å². The molecule has 2 rings (SSSR count). The average molecular weight is 318 g/mol. The van der Waals surface area contributed by atoms with Gasteiger partial charge in [-0.05, 0) is 31.0 Å². The van der Waals surface area contributed by atoms with Crippen LogP contribution in [0.25, 0.3) is 0 Å². The Labute approximate surface area is 122 Å². The Balaban J connectivity index is 2.40. The van der Waals surface area contributed by atoms with E-state index in [0.717, 1.165) is 0 Å². The third kappa shape index (κ3) is 2.61. The van der Waals surface area contributed by atoms with Crippen molar-refractivity contribution in [2.75, 3.05) is 18.8 Å². The number of amides is 1. The summed E-state index contributed by atoms with van der Waals surface area (Å²) in [5, 5.41) is 0.261. The molecule has 1 heterocycles. The van der Waals surface area contributed by atoms with E-state index in [4.69, 9.17) is 23.1 Å². The predicted molar refractivity (Wildman–Crippen MR) is 76.7 cm³/mol. The highest BCUT2D eigenvalue weighted by Crippen LogP contribution is 2.30. The van der Waals surface area contributed by atoms with Gasteiger partial charge in [0, 0.05) is 23.8 Å². The standard InChI is InChI=1S/C12H16ClN3O3S/c1-7-10(14)4-9(13)5-11(7)20(18,19)16-3-2-8(6-16)12(15)17/h4-5,8H,2-3,6,14H2,1H3,(H2,15,17). The lowest BCUT2D eigenvalue weighted by Gasteiger charge is -2.18. The molecule has 1 aliphatic rings. The summed E-state index contributed by atoms with van der Waals surface area (Å²) in [5.74, 6) is -0.924. The molecule has 1 atom stereocenters. The number of hydrogen-bond donors (Lipinski definition) is 2. The Kier molecular flexibility index (Phi) is 3.95. The topological polar surface area (TPSA) is 106 Å². The zero-order valence-corrected chi connectivity index (χ0v) is 12.5. The Morgan fingerprint density at radius 1 is 1.45 bits per heavy atom. The molecule has 8 heteroatoms. The Morgan fingerprint density at radius 3 is 2.65 bits per heavy atom. The minimum atomic E-state index is -3.72. The molecule has 1 unspecified atom stereocenters. The fourth-order valence-electron chi connectivity index (χ4n) is 2.26. The van der Waals surface area contributed by atoms with E-state index in [2.05, 4.69) is 0 Å². The summed E-state index contributed by atoms with van der Waals surface area (Å²) in [5.41, 5.74) is 11.7. The molecule has 1 saturated heterocycles. The number of nitrogen functional groups attached to an aromatic ring is 1. The van der Waals surface area contributed by atoms with Crippen LogP contribution in [0.2, 0.25) is 5.02 Å². The van der Waals surface area contributed by atoms with Crippen LogP contribution in [-0.4, -0.2) is 31.7 Å². The number of halogens is 1. The van der Waals surface area contributed by atoms with Crippen LogP contribution >= 0.6 is 11.6 Å². The lowest BCUT2D eigenvalue weighted by atomic mass is 10.1. The van der Waals surface area contributed by atoms with Crippen molar-refractivity contribution in [1.82, 2.24) is 4.31 Å². The third-order valence-electron chi connectivity index (χ3n) is 3.54. The van der Waals surface area contributed by atoms with Crippen molar-refractivity contribution < 1.29 is 13.2 Å². The predicted octanol–water partition coefficient (Wildman–Crippen LogP) is 0.727. The van der Waals surface area contributed by atoms with E-state index in [1.165, 1.54) is 16.4 Å². The van der Waals surface area contributed by atoms with Gasteiger partial charge >= 0.3 is 0 Å². The van der Waals surface area contributed by atoms with Gasteiger partial charge in [-0.1, -0.05) is 11.6 Å². The SMILES string of the molecule is Cc1c(N)cc(Cl)cc1S(=O)(=O)N1CCC(C(N)=O)C1. The van der Waals surface area contributed by atoms with Gasteiger partial charge in [0.1, 0.15) is 0 Å². The van der Waals surface area contributed by atoms with E-state index in [1.54, 1.807) is 6.92 Å². The fraction of sp³-hybridized carbons (Fsp3) is 0.417. The van der Waals surface area contributed by atoms with Crippen LogP contribution in [0.15, 0.2) is 17.0 Å². The first kappa shape index (κ1) is 15.1. The minimum absolute atomic E-state index is 0.0765. The maximum atomic E-state index is 12.6. The highest BCUT2D eigenvalue weighted by Gasteiger charge is 2.35. The lowest BCUT2D eigenvalue weighted by molar-refractivity contribution is -0.121. The average Bonchev–Trinajstić information content (AvgIpc) is 2.83. The molecule has 1 aromatic carbocycles. The Morgan fingerprint density at radius 2 is 2.10 bits per heavy atom. The number of carbonyl (C=O) groups excluding carboxylic acids is 1. The van der Waals surface area contributed by atoms with Crippen molar-refractivity contribution in [3.8, 4) is 0 Å². The van der Waals surface area contributed by atoms with Gasteiger partial charge in [0.25, 0.3) is 0 Å². The summed E-state index contributed by atoms with van der Waals surface area (Å²) in [6.07, 6.45) is 0.434. The largest absolute Gasteiger partial charge is 0.398 e. The molecule has 0 spiro atoms. The summed E-state index contributed by atoms with van der Waals surface area (Å²) in [6.45, 7) is 1.99. The molecular weight excluding hydrogens is 302 g/mol. The molecule has 1 fully saturated rings. The second kappa shape index (κ2) is 5.23. The van der Waals surface area contributed by atoms with Gasteiger partial charge in [-0.15, -0.1) is 0 Å². The molecule has 0 aliphatic carbocycles. The number of rotatable bonds is 3.